The van der Waals surface area contributed by atoms with Gasteiger partial charge in [-0.25, -0.2) is 0 Å². The van der Waals surface area contributed by atoms with Gasteiger partial charge in [0.25, 0.3) is 0 Å². The monoisotopic (exact) mass is 452 g/mol. The largest absolute Gasteiger partial charge is 0.343 e. The molecule has 0 unspecified atom stereocenters. The normalized spacial score (nSPS) is 18.0. The van der Waals surface area contributed by atoms with Crippen LogP contribution < -0.4 is 16.0 Å². The highest BCUT2D eigenvalue weighted by atomic mass is 35.5. The molecule has 0 radical (unpaired) electrons. The van der Waals surface area contributed by atoms with Crippen molar-refractivity contribution in [2.24, 2.45) is 10.4 Å². The lowest BCUT2D eigenvalue weighted by atomic mass is 9.67. The number of amidine groups is 1. The van der Waals surface area contributed by atoms with Gasteiger partial charge in [-0.05, 0) is 54.7 Å². The Morgan fingerprint density at radius 1 is 1.03 bits per heavy atom. The number of fused-ring (bicyclic) bond motifs is 1. The molecule has 2 aliphatic rings. The van der Waals surface area contributed by atoms with Gasteiger partial charge in [-0.1, -0.05) is 43.0 Å². The van der Waals surface area contributed by atoms with Crippen molar-refractivity contribution >= 4 is 46.3 Å². The molecule has 0 saturated heterocycles. The molecule has 168 valence electrons. The quantitative estimate of drug-likeness (QED) is 0.550. The maximum absolute atomic E-state index is 11.7. The molecule has 1 aliphatic heterocycles. The van der Waals surface area contributed by atoms with E-state index in [0.717, 1.165) is 41.9 Å². The van der Waals surface area contributed by atoms with Crippen LogP contribution in [0.1, 0.15) is 57.1 Å². The third-order valence-electron chi connectivity index (χ3n) is 6.27. The zero-order valence-corrected chi connectivity index (χ0v) is 19.3. The van der Waals surface area contributed by atoms with Crippen LogP contribution in [0.4, 0.5) is 17.1 Å². The molecule has 1 aliphatic carbocycles. The average molecular weight is 453 g/mol. The Hall–Kier alpha value is -2.86. The zero-order valence-electron chi connectivity index (χ0n) is 18.6. The van der Waals surface area contributed by atoms with Crippen molar-refractivity contribution in [3.63, 3.8) is 0 Å². The number of carbonyl (C=O) groups excluding carboxylic acids is 2. The Morgan fingerprint density at radius 3 is 2.38 bits per heavy atom. The fourth-order valence-corrected chi connectivity index (χ4v) is 5.07. The maximum atomic E-state index is 11.7. The molecule has 1 heterocycles. The van der Waals surface area contributed by atoms with Crippen LogP contribution in [0.5, 0.6) is 0 Å². The van der Waals surface area contributed by atoms with Crippen LogP contribution in [0.2, 0.25) is 5.02 Å². The van der Waals surface area contributed by atoms with Crippen LogP contribution in [0.25, 0.3) is 0 Å². The summed E-state index contributed by atoms with van der Waals surface area (Å²) in [5, 5.41) is 9.99. The Morgan fingerprint density at radius 2 is 1.72 bits per heavy atom. The van der Waals surface area contributed by atoms with Gasteiger partial charge in [-0.15, -0.1) is 0 Å². The number of halogens is 1. The topological polar surface area (TPSA) is 82.6 Å². The highest BCUT2D eigenvalue weighted by molar-refractivity contribution is 6.30. The van der Waals surface area contributed by atoms with Crippen molar-refractivity contribution in [1.29, 1.82) is 0 Å². The van der Waals surface area contributed by atoms with E-state index >= 15 is 0 Å². The predicted molar refractivity (Wildman–Crippen MR) is 130 cm³/mol. The minimum absolute atomic E-state index is 0.0349. The first-order valence-corrected chi connectivity index (χ1v) is 11.5. The van der Waals surface area contributed by atoms with Crippen LogP contribution in [0.3, 0.4) is 0 Å². The molecule has 1 fully saturated rings. The van der Waals surface area contributed by atoms with Crippen LogP contribution in [0.15, 0.2) is 41.4 Å². The van der Waals surface area contributed by atoms with Gasteiger partial charge in [0.1, 0.15) is 5.84 Å². The van der Waals surface area contributed by atoms with Crippen molar-refractivity contribution in [3.8, 4) is 0 Å². The summed E-state index contributed by atoms with van der Waals surface area (Å²) in [6.07, 6.45) is 6.62. The molecule has 1 saturated carbocycles. The third kappa shape index (κ3) is 4.96. The lowest BCUT2D eigenvalue weighted by molar-refractivity contribution is -0.115. The number of hydrogen-bond donors (Lipinski definition) is 3. The number of hydrogen-bond acceptors (Lipinski definition) is 3. The molecule has 4 rings (SSSR count). The summed E-state index contributed by atoms with van der Waals surface area (Å²) in [7, 11) is 0. The lowest BCUT2D eigenvalue weighted by Crippen LogP contribution is -2.43. The molecule has 32 heavy (non-hydrogen) atoms. The number of nitrogens with one attached hydrogen (secondary N) is 3. The Labute approximate surface area is 193 Å². The van der Waals surface area contributed by atoms with E-state index in [-0.39, 0.29) is 17.2 Å². The summed E-state index contributed by atoms with van der Waals surface area (Å²) in [5.74, 6) is 0.646. The summed E-state index contributed by atoms with van der Waals surface area (Å²) >= 11 is 6.16. The number of amides is 2. The van der Waals surface area contributed by atoms with E-state index in [0.29, 0.717) is 22.9 Å². The standard InChI is InChI=1S/C25H29ClN4O2/c1-16(31)28-22-12-19-14-25(9-4-3-5-10-25)24(27-15-18-7-6-8-20(26)11-18)30-21(19)13-23(22)29-17(2)32/h6-8,11-13H,3-5,9-10,14-15H2,1-2H3,(H,27,30)(H,28,31)(H,29,32). The molecular weight excluding hydrogens is 424 g/mol. The summed E-state index contributed by atoms with van der Waals surface area (Å²) < 4.78 is 0. The highest BCUT2D eigenvalue weighted by Crippen LogP contribution is 2.46. The van der Waals surface area contributed by atoms with E-state index in [1.54, 1.807) is 0 Å². The summed E-state index contributed by atoms with van der Waals surface area (Å²) in [6.45, 7) is 3.49. The van der Waals surface area contributed by atoms with E-state index in [1.807, 2.05) is 36.4 Å². The molecule has 2 amide bonds. The van der Waals surface area contributed by atoms with Gasteiger partial charge in [-0.3, -0.25) is 14.6 Å². The van der Waals surface area contributed by atoms with E-state index in [4.69, 9.17) is 16.6 Å². The van der Waals surface area contributed by atoms with Crippen molar-refractivity contribution in [1.82, 2.24) is 0 Å². The van der Waals surface area contributed by atoms with Gasteiger partial charge in [0.15, 0.2) is 0 Å². The van der Waals surface area contributed by atoms with Crippen molar-refractivity contribution in [2.75, 3.05) is 16.0 Å². The lowest BCUT2D eigenvalue weighted by Gasteiger charge is -2.43. The van der Waals surface area contributed by atoms with Crippen molar-refractivity contribution < 1.29 is 9.59 Å². The first-order valence-electron chi connectivity index (χ1n) is 11.1. The van der Waals surface area contributed by atoms with E-state index in [1.165, 1.54) is 33.1 Å². The summed E-state index contributed by atoms with van der Waals surface area (Å²) in [6, 6.07) is 11.7. The van der Waals surface area contributed by atoms with Crippen LogP contribution in [-0.2, 0) is 22.6 Å². The molecule has 3 N–H and O–H groups in total. The van der Waals surface area contributed by atoms with Crippen LogP contribution in [-0.4, -0.2) is 17.6 Å². The van der Waals surface area contributed by atoms with Gasteiger partial charge in [0.2, 0.25) is 11.8 Å². The summed E-state index contributed by atoms with van der Waals surface area (Å²) in [4.78, 5) is 28.5. The van der Waals surface area contributed by atoms with Crippen LogP contribution in [0, 0.1) is 5.41 Å². The molecule has 2 aromatic rings. The molecule has 0 atom stereocenters. The molecule has 0 bridgehead atoms. The van der Waals surface area contributed by atoms with Gasteiger partial charge >= 0.3 is 0 Å². The molecule has 2 aromatic carbocycles. The smallest absolute Gasteiger partial charge is 0.221 e. The fourth-order valence-electron chi connectivity index (χ4n) is 4.86. The first-order chi connectivity index (χ1) is 15.3. The van der Waals surface area contributed by atoms with Gasteiger partial charge in [0.05, 0.1) is 17.9 Å². The second-order valence-corrected chi connectivity index (χ2v) is 9.29. The molecule has 6 nitrogen and oxygen atoms in total. The highest BCUT2D eigenvalue weighted by Gasteiger charge is 2.41. The Kier molecular flexibility index (Phi) is 6.51. The number of aliphatic imine (C=N–C) groups is 1. The van der Waals surface area contributed by atoms with E-state index in [9.17, 15) is 9.59 Å². The molecule has 7 heteroatoms. The number of benzene rings is 2. The van der Waals surface area contributed by atoms with Crippen molar-refractivity contribution in [2.45, 2.75) is 58.9 Å². The van der Waals surface area contributed by atoms with Gasteiger partial charge in [-0.2, -0.15) is 0 Å². The third-order valence-corrected chi connectivity index (χ3v) is 6.50. The Balaban J connectivity index is 1.72. The number of nitrogens with zero attached hydrogens (tertiary/aromatic N) is 1. The minimum atomic E-state index is -0.189. The first kappa shape index (κ1) is 22.3. The number of anilines is 3. The number of rotatable bonds is 4. The zero-order chi connectivity index (χ0) is 22.7. The average Bonchev–Trinajstić information content (AvgIpc) is 2.73. The van der Waals surface area contributed by atoms with Crippen molar-refractivity contribution in [3.05, 3.63) is 52.5 Å². The Bertz CT molecular complexity index is 1070. The van der Waals surface area contributed by atoms with E-state index in [2.05, 4.69) is 16.0 Å². The molecule has 0 aromatic heterocycles. The van der Waals surface area contributed by atoms with Gasteiger partial charge in [0, 0.05) is 30.0 Å². The van der Waals surface area contributed by atoms with E-state index < -0.39 is 0 Å². The molecule has 1 spiro atoms. The maximum Gasteiger partial charge on any atom is 0.221 e. The summed E-state index contributed by atoms with van der Waals surface area (Å²) in [5.41, 5.74) is 4.29. The second kappa shape index (κ2) is 9.33. The predicted octanol–water partition coefficient (Wildman–Crippen LogP) is 5.77. The minimum Gasteiger partial charge on any atom is -0.343 e. The SMILES string of the molecule is CC(=O)Nc1cc2c(cc1NC(C)=O)NC(=NCc1cccc(Cl)c1)C1(CCCCC1)C2. The number of carbonyl (C=O) groups is 2. The second-order valence-electron chi connectivity index (χ2n) is 8.85. The molecular formula is C25H29ClN4O2. The van der Waals surface area contributed by atoms with Crippen LogP contribution >= 0.6 is 11.6 Å². The van der Waals surface area contributed by atoms with Gasteiger partial charge < -0.3 is 16.0 Å². The fraction of sp³-hybridized carbons (Fsp3) is 0.400.